The van der Waals surface area contributed by atoms with Crippen LogP contribution in [0.1, 0.15) is 11.3 Å². The van der Waals surface area contributed by atoms with E-state index in [1.807, 2.05) is 4.90 Å². The number of hydrogen-bond donors (Lipinski definition) is 1. The molecule has 0 atom stereocenters. The second-order valence-corrected chi connectivity index (χ2v) is 7.94. The molecule has 1 aromatic heterocycles. The highest BCUT2D eigenvalue weighted by Crippen LogP contribution is 2.33. The first-order valence-electron chi connectivity index (χ1n) is 6.15. The van der Waals surface area contributed by atoms with Crippen molar-refractivity contribution in [3.05, 3.63) is 19.2 Å². The Balaban J connectivity index is 1.87. The molecular formula is C12H16Br2N2O2S. The van der Waals surface area contributed by atoms with Gasteiger partial charge in [0.1, 0.15) is 0 Å². The van der Waals surface area contributed by atoms with Crippen LogP contribution in [0.2, 0.25) is 0 Å². The number of carboxylic acids is 1. The van der Waals surface area contributed by atoms with Crippen molar-refractivity contribution in [2.45, 2.75) is 13.0 Å². The van der Waals surface area contributed by atoms with Crippen LogP contribution >= 0.6 is 43.2 Å². The smallest absolute Gasteiger partial charge is 0.317 e. The molecule has 1 aliphatic rings. The minimum absolute atomic E-state index is 0.157. The van der Waals surface area contributed by atoms with Crippen molar-refractivity contribution < 1.29 is 9.90 Å². The van der Waals surface area contributed by atoms with E-state index < -0.39 is 5.97 Å². The molecule has 19 heavy (non-hydrogen) atoms. The highest BCUT2D eigenvalue weighted by molar-refractivity contribution is 9.13. The molecular weight excluding hydrogens is 396 g/mol. The Morgan fingerprint density at radius 1 is 1.26 bits per heavy atom. The van der Waals surface area contributed by atoms with E-state index in [1.165, 1.54) is 4.88 Å². The van der Waals surface area contributed by atoms with Gasteiger partial charge in [-0.15, -0.1) is 11.3 Å². The average molecular weight is 412 g/mol. The molecule has 2 heterocycles. The van der Waals surface area contributed by atoms with Crippen molar-refractivity contribution in [3.63, 3.8) is 0 Å². The maximum absolute atomic E-state index is 10.7. The third-order valence-electron chi connectivity index (χ3n) is 3.12. The van der Waals surface area contributed by atoms with Gasteiger partial charge in [-0.25, -0.2) is 0 Å². The summed E-state index contributed by atoms with van der Waals surface area (Å²) in [6, 6.07) is 2.15. The zero-order chi connectivity index (χ0) is 13.8. The zero-order valence-electron chi connectivity index (χ0n) is 10.4. The summed E-state index contributed by atoms with van der Waals surface area (Å²) < 4.78 is 2.24. The monoisotopic (exact) mass is 410 g/mol. The van der Waals surface area contributed by atoms with Crippen LogP contribution in [-0.4, -0.2) is 53.6 Å². The Bertz CT molecular complexity index is 433. The maximum atomic E-state index is 10.7. The highest BCUT2D eigenvalue weighted by atomic mass is 79.9. The van der Waals surface area contributed by atoms with Gasteiger partial charge in [-0.3, -0.25) is 14.6 Å². The van der Waals surface area contributed by atoms with Crippen LogP contribution in [0.25, 0.3) is 0 Å². The van der Waals surface area contributed by atoms with E-state index in [-0.39, 0.29) is 6.54 Å². The second kappa shape index (κ2) is 7.17. The van der Waals surface area contributed by atoms with Crippen LogP contribution in [-0.2, 0) is 11.3 Å². The summed E-state index contributed by atoms with van der Waals surface area (Å²) in [4.78, 5) is 16.5. The fraction of sp³-hybridized carbons (Fsp3) is 0.583. The quantitative estimate of drug-likeness (QED) is 0.827. The lowest BCUT2D eigenvalue weighted by atomic mass is 10.3. The number of aliphatic carboxylic acids is 1. The normalized spacial score (nSPS) is 18.4. The second-order valence-electron chi connectivity index (χ2n) is 4.63. The fourth-order valence-electron chi connectivity index (χ4n) is 2.22. The van der Waals surface area contributed by atoms with E-state index in [9.17, 15) is 4.79 Å². The van der Waals surface area contributed by atoms with Crippen LogP contribution in [0.3, 0.4) is 0 Å². The van der Waals surface area contributed by atoms with Gasteiger partial charge >= 0.3 is 5.97 Å². The fourth-order valence-corrected chi connectivity index (χ4v) is 4.44. The molecule has 0 aromatic carbocycles. The van der Waals surface area contributed by atoms with Gasteiger partial charge in [0.15, 0.2) is 0 Å². The first-order valence-corrected chi connectivity index (χ1v) is 8.55. The lowest BCUT2D eigenvalue weighted by Crippen LogP contribution is -2.33. The van der Waals surface area contributed by atoms with E-state index in [0.29, 0.717) is 0 Å². The third-order valence-corrected chi connectivity index (χ3v) is 6.36. The predicted octanol–water partition coefficient (Wildman–Crippen LogP) is 2.87. The van der Waals surface area contributed by atoms with Gasteiger partial charge in [-0.05, 0) is 50.9 Å². The van der Waals surface area contributed by atoms with Gasteiger partial charge in [0.05, 0.1) is 10.3 Å². The van der Waals surface area contributed by atoms with Crippen molar-refractivity contribution in [3.8, 4) is 0 Å². The van der Waals surface area contributed by atoms with Gasteiger partial charge in [0, 0.05) is 35.5 Å². The van der Waals surface area contributed by atoms with Crippen LogP contribution in [0.15, 0.2) is 14.3 Å². The van der Waals surface area contributed by atoms with Gasteiger partial charge in [-0.1, -0.05) is 0 Å². The van der Waals surface area contributed by atoms with E-state index in [4.69, 9.17) is 5.11 Å². The molecule has 2 rings (SSSR count). The highest BCUT2D eigenvalue weighted by Gasteiger charge is 2.17. The Morgan fingerprint density at radius 3 is 2.58 bits per heavy atom. The minimum atomic E-state index is -0.737. The van der Waals surface area contributed by atoms with E-state index in [2.05, 4.69) is 42.8 Å². The first kappa shape index (κ1) is 15.4. The summed E-state index contributed by atoms with van der Waals surface area (Å²) in [5.74, 6) is -0.737. The summed E-state index contributed by atoms with van der Waals surface area (Å²) in [5, 5.41) is 8.83. The molecule has 1 aromatic rings. The van der Waals surface area contributed by atoms with Crippen molar-refractivity contribution in [1.29, 1.82) is 0 Å². The molecule has 0 spiro atoms. The molecule has 7 heteroatoms. The number of rotatable bonds is 4. The molecule has 0 aliphatic carbocycles. The van der Waals surface area contributed by atoms with Crippen LogP contribution < -0.4 is 0 Å². The molecule has 1 saturated heterocycles. The summed E-state index contributed by atoms with van der Waals surface area (Å²) in [6.07, 6.45) is 1.03. The van der Waals surface area contributed by atoms with Gasteiger partial charge in [0.2, 0.25) is 0 Å². The van der Waals surface area contributed by atoms with Crippen LogP contribution in [0.4, 0.5) is 0 Å². The van der Waals surface area contributed by atoms with E-state index in [0.717, 1.165) is 47.4 Å². The number of halogens is 2. The van der Waals surface area contributed by atoms with Crippen molar-refractivity contribution in [2.75, 3.05) is 32.7 Å². The number of hydrogen-bond acceptors (Lipinski definition) is 4. The Kier molecular flexibility index (Phi) is 5.83. The van der Waals surface area contributed by atoms with Gasteiger partial charge in [0.25, 0.3) is 0 Å². The first-order chi connectivity index (χ1) is 9.04. The number of carbonyl (C=O) groups is 1. The van der Waals surface area contributed by atoms with Gasteiger partial charge < -0.3 is 5.11 Å². The molecule has 0 saturated carbocycles. The Morgan fingerprint density at radius 2 is 1.95 bits per heavy atom. The Hall–Kier alpha value is 0.0500. The molecule has 1 N–H and O–H groups in total. The number of carboxylic acid groups (broad SMARTS) is 1. The summed E-state index contributed by atoms with van der Waals surface area (Å²) in [5.41, 5.74) is 0. The summed E-state index contributed by atoms with van der Waals surface area (Å²) in [6.45, 7) is 4.77. The predicted molar refractivity (Wildman–Crippen MR) is 83.7 cm³/mol. The zero-order valence-corrected chi connectivity index (χ0v) is 14.4. The van der Waals surface area contributed by atoms with Crippen LogP contribution in [0.5, 0.6) is 0 Å². The number of thiophene rings is 1. The topological polar surface area (TPSA) is 43.8 Å². The molecule has 106 valence electrons. The molecule has 0 unspecified atom stereocenters. The van der Waals surface area contributed by atoms with Crippen LogP contribution in [0, 0.1) is 0 Å². The SMILES string of the molecule is O=C(O)CN1CCCN(Cc2cc(Br)c(Br)s2)CC1. The van der Waals surface area contributed by atoms with Crippen molar-refractivity contribution in [1.82, 2.24) is 9.80 Å². The largest absolute Gasteiger partial charge is 0.480 e. The average Bonchev–Trinajstić information content (AvgIpc) is 2.51. The molecule has 1 aliphatic heterocycles. The minimum Gasteiger partial charge on any atom is -0.480 e. The standard InChI is InChI=1S/C12H16Br2N2O2S/c13-10-6-9(19-12(10)14)7-15-2-1-3-16(5-4-15)8-11(17)18/h6H,1-5,7-8H2,(H,17,18). The maximum Gasteiger partial charge on any atom is 0.317 e. The molecule has 0 radical (unpaired) electrons. The van der Waals surface area contributed by atoms with Gasteiger partial charge in [-0.2, -0.15) is 0 Å². The summed E-state index contributed by atoms with van der Waals surface area (Å²) in [7, 11) is 0. The molecule has 1 fully saturated rings. The molecule has 4 nitrogen and oxygen atoms in total. The molecule has 0 amide bonds. The van der Waals surface area contributed by atoms with E-state index >= 15 is 0 Å². The lowest BCUT2D eigenvalue weighted by Gasteiger charge is -2.20. The molecule has 0 bridgehead atoms. The number of nitrogens with zero attached hydrogens (tertiary/aromatic N) is 2. The van der Waals surface area contributed by atoms with E-state index in [1.54, 1.807) is 11.3 Å². The summed E-state index contributed by atoms with van der Waals surface area (Å²) >= 11 is 8.76. The Labute approximate surface area is 133 Å². The van der Waals surface area contributed by atoms with Crippen molar-refractivity contribution >= 4 is 49.2 Å². The lowest BCUT2D eigenvalue weighted by molar-refractivity contribution is -0.138. The van der Waals surface area contributed by atoms with Crippen molar-refractivity contribution in [2.24, 2.45) is 0 Å². The third kappa shape index (κ3) is 4.82.